The van der Waals surface area contributed by atoms with E-state index in [0.717, 1.165) is 6.07 Å². The number of anilines is 1. The molecule has 1 aromatic heterocycles. The Kier molecular flexibility index (Phi) is 3.87. The van der Waals surface area contributed by atoms with Crippen LogP contribution in [0.1, 0.15) is 5.56 Å². The minimum atomic E-state index is -4.44. The Morgan fingerprint density at radius 1 is 1.11 bits per heavy atom. The van der Waals surface area contributed by atoms with Crippen LogP contribution in [0.5, 0.6) is 0 Å². The van der Waals surface area contributed by atoms with Crippen LogP contribution < -0.4 is 5.73 Å². The van der Waals surface area contributed by atoms with Gasteiger partial charge in [0.15, 0.2) is 0 Å². The van der Waals surface area contributed by atoms with E-state index in [1.54, 1.807) is 0 Å². The molecule has 0 saturated carbocycles. The maximum Gasteiger partial charge on any atom is 0.417 e. The first kappa shape index (κ1) is 14.3. The van der Waals surface area contributed by atoms with Crippen LogP contribution in [0.4, 0.5) is 18.9 Å². The lowest BCUT2D eigenvalue weighted by molar-refractivity contribution is -0.137. The van der Waals surface area contributed by atoms with E-state index >= 15 is 0 Å². The first-order valence-corrected chi connectivity index (χ1v) is 6.67. The normalized spacial score (nSPS) is 11.6. The van der Waals surface area contributed by atoms with Crippen LogP contribution in [0.2, 0.25) is 0 Å². The summed E-state index contributed by atoms with van der Waals surface area (Å²) in [4.78, 5) is 4.01. The lowest BCUT2D eigenvalue weighted by Gasteiger charge is -2.14. The predicted octanol–water partition coefficient (Wildman–Crippen LogP) is 4.87. The highest BCUT2D eigenvalue weighted by atomic mass is 79.9. The lowest BCUT2D eigenvalue weighted by Crippen LogP contribution is -2.08. The number of benzene rings is 1. The van der Waals surface area contributed by atoms with Crippen molar-refractivity contribution in [3.8, 4) is 11.3 Å². The van der Waals surface area contributed by atoms with E-state index in [1.807, 2.05) is 0 Å². The minimum Gasteiger partial charge on any atom is -0.397 e. The number of nitrogen functional groups attached to an aromatic ring is 1. The molecule has 0 atom stereocenters. The molecule has 0 unspecified atom stereocenters. The van der Waals surface area contributed by atoms with Gasteiger partial charge in [0.25, 0.3) is 0 Å². The van der Waals surface area contributed by atoms with Gasteiger partial charge in [0.1, 0.15) is 0 Å². The van der Waals surface area contributed by atoms with Crippen LogP contribution >= 0.6 is 31.9 Å². The summed E-state index contributed by atoms with van der Waals surface area (Å²) in [5.41, 5.74) is 5.47. The molecule has 0 aliphatic heterocycles. The zero-order valence-electron chi connectivity index (χ0n) is 9.30. The van der Waals surface area contributed by atoms with Crippen molar-refractivity contribution in [3.63, 3.8) is 0 Å². The van der Waals surface area contributed by atoms with E-state index in [4.69, 9.17) is 5.73 Å². The van der Waals surface area contributed by atoms with E-state index in [0.29, 0.717) is 14.6 Å². The number of hydrogen-bond acceptors (Lipinski definition) is 2. The summed E-state index contributed by atoms with van der Waals surface area (Å²) in [5, 5.41) is 0. The van der Waals surface area contributed by atoms with Gasteiger partial charge in [0.05, 0.1) is 25.9 Å². The lowest BCUT2D eigenvalue weighted by atomic mass is 10.0. The highest BCUT2D eigenvalue weighted by molar-refractivity contribution is 9.11. The van der Waals surface area contributed by atoms with Crippen molar-refractivity contribution in [2.24, 2.45) is 0 Å². The summed E-state index contributed by atoms with van der Waals surface area (Å²) in [5.74, 6) is 0. The average molecular weight is 396 g/mol. The Hall–Kier alpha value is -1.08. The smallest absolute Gasteiger partial charge is 0.397 e. The molecule has 100 valence electrons. The quantitative estimate of drug-likeness (QED) is 0.747. The summed E-state index contributed by atoms with van der Waals surface area (Å²) in [7, 11) is 0. The Labute approximate surface area is 124 Å². The first-order chi connectivity index (χ1) is 8.82. The van der Waals surface area contributed by atoms with Gasteiger partial charge in [-0.1, -0.05) is 18.2 Å². The number of hydrogen-bond donors (Lipinski definition) is 1. The largest absolute Gasteiger partial charge is 0.417 e. The van der Waals surface area contributed by atoms with Crippen LogP contribution in [0.15, 0.2) is 39.4 Å². The predicted molar refractivity (Wildman–Crippen MR) is 74.5 cm³/mol. The summed E-state index contributed by atoms with van der Waals surface area (Å²) in [6.45, 7) is 0. The third-order valence-electron chi connectivity index (χ3n) is 2.50. The molecule has 2 aromatic rings. The molecule has 0 amide bonds. The van der Waals surface area contributed by atoms with Gasteiger partial charge in [-0.25, -0.2) is 0 Å². The van der Waals surface area contributed by atoms with Crippen molar-refractivity contribution in [3.05, 3.63) is 45.0 Å². The zero-order chi connectivity index (χ0) is 14.2. The van der Waals surface area contributed by atoms with Crippen LogP contribution in [-0.4, -0.2) is 4.98 Å². The standard InChI is InChI=1S/C12H7Br2F3N2/c13-8-5-19-11(9(14)10(8)18)6-3-1-2-4-7(6)12(15,16)17/h1-5H,(H2,18,19). The number of pyridine rings is 1. The van der Waals surface area contributed by atoms with Gasteiger partial charge >= 0.3 is 6.18 Å². The van der Waals surface area contributed by atoms with Crippen LogP contribution in [-0.2, 0) is 6.18 Å². The van der Waals surface area contributed by atoms with Gasteiger partial charge in [-0.05, 0) is 37.9 Å². The average Bonchev–Trinajstić information content (AvgIpc) is 2.35. The highest BCUT2D eigenvalue weighted by Gasteiger charge is 2.34. The van der Waals surface area contributed by atoms with Crippen LogP contribution in [0.3, 0.4) is 0 Å². The molecule has 0 saturated heterocycles. The van der Waals surface area contributed by atoms with Crippen molar-refractivity contribution in [1.82, 2.24) is 4.98 Å². The molecule has 7 heteroatoms. The van der Waals surface area contributed by atoms with Gasteiger partial charge in [0, 0.05) is 11.8 Å². The van der Waals surface area contributed by atoms with Crippen molar-refractivity contribution in [1.29, 1.82) is 0 Å². The fraction of sp³-hybridized carbons (Fsp3) is 0.0833. The summed E-state index contributed by atoms with van der Waals surface area (Å²) in [6, 6.07) is 5.24. The molecule has 1 aromatic carbocycles. The Balaban J connectivity index is 2.70. The summed E-state index contributed by atoms with van der Waals surface area (Å²) < 4.78 is 39.7. The second kappa shape index (κ2) is 5.13. The third kappa shape index (κ3) is 2.76. The molecule has 0 bridgehead atoms. The van der Waals surface area contributed by atoms with Crippen LogP contribution in [0.25, 0.3) is 11.3 Å². The first-order valence-electron chi connectivity index (χ1n) is 5.08. The highest BCUT2D eigenvalue weighted by Crippen LogP contribution is 2.41. The van der Waals surface area contributed by atoms with Gasteiger partial charge in [-0.3, -0.25) is 4.98 Å². The Morgan fingerprint density at radius 2 is 1.74 bits per heavy atom. The summed E-state index contributed by atoms with van der Waals surface area (Å²) in [6.07, 6.45) is -3.07. The molecule has 0 fully saturated rings. The molecule has 0 spiro atoms. The van der Waals surface area contributed by atoms with Crippen molar-refractivity contribution in [2.75, 3.05) is 5.73 Å². The molecule has 0 radical (unpaired) electrons. The molecular formula is C12H7Br2F3N2. The number of nitrogens with two attached hydrogens (primary N) is 1. The van der Waals surface area contributed by atoms with Gasteiger partial charge in [0.2, 0.25) is 0 Å². The number of rotatable bonds is 1. The van der Waals surface area contributed by atoms with E-state index in [9.17, 15) is 13.2 Å². The molecule has 1 heterocycles. The number of alkyl halides is 3. The van der Waals surface area contributed by atoms with E-state index in [-0.39, 0.29) is 11.3 Å². The van der Waals surface area contributed by atoms with Crippen molar-refractivity contribution in [2.45, 2.75) is 6.18 Å². The monoisotopic (exact) mass is 394 g/mol. The van der Waals surface area contributed by atoms with E-state index in [1.165, 1.54) is 24.4 Å². The van der Waals surface area contributed by atoms with Crippen molar-refractivity contribution >= 4 is 37.5 Å². The van der Waals surface area contributed by atoms with Gasteiger partial charge in [-0.2, -0.15) is 13.2 Å². The minimum absolute atomic E-state index is 0.0129. The molecule has 2 rings (SSSR count). The number of halogens is 5. The topological polar surface area (TPSA) is 38.9 Å². The molecule has 19 heavy (non-hydrogen) atoms. The van der Waals surface area contributed by atoms with E-state index < -0.39 is 11.7 Å². The molecule has 0 aliphatic rings. The van der Waals surface area contributed by atoms with Gasteiger partial charge in [-0.15, -0.1) is 0 Å². The number of aromatic nitrogens is 1. The Morgan fingerprint density at radius 3 is 2.37 bits per heavy atom. The molecule has 2 N–H and O–H groups in total. The molecule has 2 nitrogen and oxygen atoms in total. The maximum absolute atomic E-state index is 13.0. The maximum atomic E-state index is 13.0. The number of nitrogens with zero attached hydrogens (tertiary/aromatic N) is 1. The van der Waals surface area contributed by atoms with Crippen molar-refractivity contribution < 1.29 is 13.2 Å². The zero-order valence-corrected chi connectivity index (χ0v) is 12.5. The SMILES string of the molecule is Nc1c(Br)cnc(-c2ccccc2C(F)(F)F)c1Br. The Bertz CT molecular complexity index is 627. The fourth-order valence-corrected chi connectivity index (χ4v) is 2.70. The van der Waals surface area contributed by atoms with Gasteiger partial charge < -0.3 is 5.73 Å². The second-order valence-electron chi connectivity index (χ2n) is 3.73. The second-order valence-corrected chi connectivity index (χ2v) is 5.37. The van der Waals surface area contributed by atoms with E-state index in [2.05, 4.69) is 36.8 Å². The van der Waals surface area contributed by atoms with Crippen LogP contribution in [0, 0.1) is 0 Å². The fourth-order valence-electron chi connectivity index (χ4n) is 1.60. The molecular weight excluding hydrogens is 389 g/mol. The summed E-state index contributed by atoms with van der Waals surface area (Å²) >= 11 is 6.35. The molecule has 0 aliphatic carbocycles. The third-order valence-corrected chi connectivity index (χ3v) is 3.93.